The fourth-order valence-corrected chi connectivity index (χ4v) is 1.83. The van der Waals surface area contributed by atoms with Crippen molar-refractivity contribution in [1.29, 1.82) is 0 Å². The summed E-state index contributed by atoms with van der Waals surface area (Å²) in [6.45, 7) is 0. The number of halogens is 1. The van der Waals surface area contributed by atoms with E-state index >= 15 is 0 Å². The first kappa shape index (κ1) is 11.6. The Balaban J connectivity index is 0.00000108. The van der Waals surface area contributed by atoms with Gasteiger partial charge in [0.2, 0.25) is 0 Å². The van der Waals surface area contributed by atoms with Crippen molar-refractivity contribution in [3.8, 4) is 11.3 Å². The van der Waals surface area contributed by atoms with Gasteiger partial charge in [-0.15, -0.1) is 0 Å². The van der Waals surface area contributed by atoms with Crippen LogP contribution in [0.4, 0.5) is 0 Å². The van der Waals surface area contributed by atoms with Crippen LogP contribution >= 0.6 is 11.6 Å². The molecule has 0 radical (unpaired) electrons. The number of benzene rings is 1. The van der Waals surface area contributed by atoms with E-state index in [-0.39, 0.29) is 6.15 Å². The van der Waals surface area contributed by atoms with Crippen molar-refractivity contribution < 1.29 is 0 Å². The quantitative estimate of drug-likeness (QED) is 0.709. The lowest BCUT2D eigenvalue weighted by molar-refractivity contribution is 0.966. The molecule has 3 N–H and O–H groups in total. The van der Waals surface area contributed by atoms with Gasteiger partial charge >= 0.3 is 0 Å². The zero-order valence-electron chi connectivity index (χ0n) is 9.18. The van der Waals surface area contributed by atoms with Crippen LogP contribution in [0.1, 0.15) is 0 Å². The summed E-state index contributed by atoms with van der Waals surface area (Å²) in [6, 6.07) is 15.8. The maximum absolute atomic E-state index is 5.85. The highest BCUT2D eigenvalue weighted by atomic mass is 35.5. The minimum absolute atomic E-state index is 0. The summed E-state index contributed by atoms with van der Waals surface area (Å²) in [4.78, 5) is 0. The van der Waals surface area contributed by atoms with Crippen molar-refractivity contribution in [1.82, 2.24) is 15.8 Å². The van der Waals surface area contributed by atoms with Gasteiger partial charge in [0.1, 0.15) is 0 Å². The maximum atomic E-state index is 5.85. The van der Waals surface area contributed by atoms with E-state index in [1.807, 2.05) is 53.2 Å². The number of fused-ring (bicyclic) bond motifs is 1. The third kappa shape index (κ3) is 2.16. The summed E-state index contributed by atoms with van der Waals surface area (Å²) in [5.41, 5.74) is 3.13. The lowest BCUT2D eigenvalue weighted by Gasteiger charge is -1.95. The molecule has 0 atom stereocenters. The molecule has 2 aromatic heterocycles. The topological polar surface area (TPSA) is 52.3 Å². The molecule has 0 unspecified atom stereocenters. The van der Waals surface area contributed by atoms with Crippen LogP contribution in [0, 0.1) is 0 Å². The number of nitrogens with zero attached hydrogens (tertiary/aromatic N) is 2. The summed E-state index contributed by atoms with van der Waals surface area (Å²) in [6.07, 6.45) is 1.94. The lowest BCUT2D eigenvalue weighted by atomic mass is 10.1. The first-order chi connectivity index (χ1) is 7.83. The number of rotatable bonds is 1. The highest BCUT2D eigenvalue weighted by molar-refractivity contribution is 6.30. The molecule has 0 amide bonds. The molecule has 0 saturated heterocycles. The second-order valence-electron chi connectivity index (χ2n) is 3.61. The summed E-state index contributed by atoms with van der Waals surface area (Å²) in [7, 11) is 0. The SMILES string of the molecule is Clc1ccc(-c2cc3ccccn3n2)cc1.N. The Kier molecular flexibility index (Phi) is 3.13. The van der Waals surface area contributed by atoms with Crippen molar-refractivity contribution in [2.24, 2.45) is 0 Å². The monoisotopic (exact) mass is 245 g/mol. The molecular weight excluding hydrogens is 234 g/mol. The fraction of sp³-hybridized carbons (Fsp3) is 0. The van der Waals surface area contributed by atoms with Crippen LogP contribution < -0.4 is 6.15 Å². The molecular formula is C13H12ClN3. The molecule has 0 aliphatic heterocycles. The normalized spacial score (nSPS) is 10.2. The van der Waals surface area contributed by atoms with Gasteiger partial charge in [0.05, 0.1) is 11.2 Å². The highest BCUT2D eigenvalue weighted by Crippen LogP contribution is 2.21. The van der Waals surface area contributed by atoms with E-state index in [9.17, 15) is 0 Å². The molecule has 0 fully saturated rings. The van der Waals surface area contributed by atoms with Gasteiger partial charge in [0.25, 0.3) is 0 Å². The van der Waals surface area contributed by atoms with Crippen molar-refractivity contribution in [3.05, 3.63) is 59.8 Å². The molecule has 0 spiro atoms. The third-order valence-electron chi connectivity index (χ3n) is 2.51. The average Bonchev–Trinajstić information content (AvgIpc) is 2.73. The van der Waals surface area contributed by atoms with Crippen molar-refractivity contribution in [2.45, 2.75) is 0 Å². The minimum atomic E-state index is 0. The van der Waals surface area contributed by atoms with E-state index in [0.717, 1.165) is 21.8 Å². The molecule has 2 heterocycles. The summed E-state index contributed by atoms with van der Waals surface area (Å²) >= 11 is 5.85. The van der Waals surface area contributed by atoms with E-state index in [2.05, 4.69) is 11.2 Å². The van der Waals surface area contributed by atoms with E-state index < -0.39 is 0 Å². The van der Waals surface area contributed by atoms with E-state index in [1.54, 1.807) is 0 Å². The van der Waals surface area contributed by atoms with Crippen LogP contribution in [0.3, 0.4) is 0 Å². The van der Waals surface area contributed by atoms with Crippen LogP contribution in [0.25, 0.3) is 16.8 Å². The fourth-order valence-electron chi connectivity index (χ4n) is 1.70. The third-order valence-corrected chi connectivity index (χ3v) is 2.76. The van der Waals surface area contributed by atoms with Crippen molar-refractivity contribution >= 4 is 17.1 Å². The van der Waals surface area contributed by atoms with Crippen LogP contribution in [-0.2, 0) is 0 Å². The molecule has 3 rings (SSSR count). The van der Waals surface area contributed by atoms with Gasteiger partial charge in [-0.3, -0.25) is 0 Å². The Morgan fingerprint density at radius 1 is 1.00 bits per heavy atom. The Hall–Kier alpha value is -1.84. The van der Waals surface area contributed by atoms with Gasteiger partial charge in [-0.1, -0.05) is 29.8 Å². The van der Waals surface area contributed by atoms with Crippen LogP contribution in [0.5, 0.6) is 0 Å². The summed E-state index contributed by atoms with van der Waals surface area (Å²) in [5, 5.41) is 5.23. The Morgan fingerprint density at radius 2 is 1.76 bits per heavy atom. The van der Waals surface area contributed by atoms with Gasteiger partial charge in [-0.2, -0.15) is 5.10 Å². The molecule has 0 aliphatic carbocycles. The molecule has 17 heavy (non-hydrogen) atoms. The standard InChI is InChI=1S/C13H9ClN2.H3N/c14-11-6-4-10(5-7-11)13-9-12-3-1-2-8-16(12)15-13;/h1-9H;1H3. The zero-order chi connectivity index (χ0) is 11.0. The molecule has 1 aromatic carbocycles. The van der Waals surface area contributed by atoms with Crippen molar-refractivity contribution in [2.75, 3.05) is 0 Å². The number of pyridine rings is 1. The molecule has 0 bridgehead atoms. The second-order valence-corrected chi connectivity index (χ2v) is 4.04. The Bertz CT molecular complexity index is 595. The van der Waals surface area contributed by atoms with E-state index in [4.69, 9.17) is 11.6 Å². The second kappa shape index (κ2) is 4.57. The number of hydrogen-bond acceptors (Lipinski definition) is 2. The van der Waals surface area contributed by atoms with E-state index in [1.165, 1.54) is 0 Å². The van der Waals surface area contributed by atoms with Gasteiger partial charge in [0, 0.05) is 16.8 Å². The molecule has 4 heteroatoms. The van der Waals surface area contributed by atoms with Crippen LogP contribution in [0.2, 0.25) is 5.02 Å². The average molecular weight is 246 g/mol. The first-order valence-electron chi connectivity index (χ1n) is 5.03. The minimum Gasteiger partial charge on any atom is -0.344 e. The number of aromatic nitrogens is 2. The molecule has 3 aromatic rings. The highest BCUT2D eigenvalue weighted by Gasteiger charge is 2.03. The smallest absolute Gasteiger partial charge is 0.0933 e. The largest absolute Gasteiger partial charge is 0.344 e. The van der Waals surface area contributed by atoms with E-state index in [0.29, 0.717) is 0 Å². The van der Waals surface area contributed by atoms with Gasteiger partial charge < -0.3 is 6.15 Å². The van der Waals surface area contributed by atoms with Gasteiger partial charge in [0.15, 0.2) is 0 Å². The molecule has 3 nitrogen and oxygen atoms in total. The number of hydrogen-bond donors (Lipinski definition) is 1. The van der Waals surface area contributed by atoms with Crippen LogP contribution in [0.15, 0.2) is 54.7 Å². The zero-order valence-corrected chi connectivity index (χ0v) is 9.93. The van der Waals surface area contributed by atoms with Crippen LogP contribution in [-0.4, -0.2) is 9.61 Å². The Morgan fingerprint density at radius 3 is 2.47 bits per heavy atom. The summed E-state index contributed by atoms with van der Waals surface area (Å²) < 4.78 is 1.87. The lowest BCUT2D eigenvalue weighted by Crippen LogP contribution is -1.84. The molecule has 0 saturated carbocycles. The predicted molar refractivity (Wildman–Crippen MR) is 70.7 cm³/mol. The van der Waals surface area contributed by atoms with Gasteiger partial charge in [-0.25, -0.2) is 4.52 Å². The first-order valence-corrected chi connectivity index (χ1v) is 5.41. The van der Waals surface area contributed by atoms with Crippen molar-refractivity contribution in [3.63, 3.8) is 0 Å². The maximum Gasteiger partial charge on any atom is 0.0933 e. The van der Waals surface area contributed by atoms with Gasteiger partial charge in [-0.05, 0) is 30.3 Å². The predicted octanol–water partition coefficient (Wildman–Crippen LogP) is 3.82. The molecule has 0 aliphatic rings. The summed E-state index contributed by atoms with van der Waals surface area (Å²) in [5.74, 6) is 0. The Labute approximate surface area is 104 Å². The molecule has 86 valence electrons.